The Kier molecular flexibility index (Phi) is 6.92. The van der Waals surface area contributed by atoms with Gasteiger partial charge in [-0.1, -0.05) is 0 Å². The van der Waals surface area contributed by atoms with Gasteiger partial charge < -0.3 is 30.5 Å². The molecule has 2 aromatic heterocycles. The number of fused-ring (bicyclic) bond motifs is 1. The largest absolute Gasteiger partial charge is 0.378 e. The molecule has 1 fully saturated rings. The van der Waals surface area contributed by atoms with Crippen molar-refractivity contribution in [1.29, 1.82) is 0 Å². The van der Waals surface area contributed by atoms with Crippen LogP contribution in [0.15, 0.2) is 36.7 Å². The number of ether oxygens (including phenoxy) is 1. The summed E-state index contributed by atoms with van der Waals surface area (Å²) in [6, 6.07) is 7.66. The smallest absolute Gasteiger partial charge is 0.251 e. The molecule has 188 valence electrons. The molecule has 3 aromatic rings. The van der Waals surface area contributed by atoms with Gasteiger partial charge in [0.1, 0.15) is 5.82 Å². The van der Waals surface area contributed by atoms with Crippen molar-refractivity contribution in [1.82, 2.24) is 30.2 Å². The first-order chi connectivity index (χ1) is 17.5. The molecule has 1 saturated heterocycles. The Morgan fingerprint density at radius 1 is 1.08 bits per heavy atom. The van der Waals surface area contributed by atoms with Crippen LogP contribution in [0.3, 0.4) is 0 Å². The summed E-state index contributed by atoms with van der Waals surface area (Å²) in [5, 5.41) is 2.96. The SMILES string of the molecule is CN(C)CCNC(=O)c1ccc(N2CCc3c(-c4cnc(N)nc4)nc(N4CCOCC4)nc32)cc1. The number of rotatable bonds is 7. The van der Waals surface area contributed by atoms with Crippen LogP contribution < -0.4 is 20.9 Å². The summed E-state index contributed by atoms with van der Waals surface area (Å²) in [4.78, 5) is 37.1. The van der Waals surface area contributed by atoms with Crippen molar-refractivity contribution >= 4 is 29.3 Å². The molecule has 4 heterocycles. The Hall–Kier alpha value is -3.83. The number of nitrogens with two attached hydrogens (primary N) is 1. The molecule has 3 N–H and O–H groups in total. The molecule has 5 rings (SSSR count). The Labute approximate surface area is 210 Å². The zero-order valence-corrected chi connectivity index (χ0v) is 20.6. The van der Waals surface area contributed by atoms with Crippen LogP contribution in [0, 0.1) is 0 Å². The summed E-state index contributed by atoms with van der Waals surface area (Å²) in [7, 11) is 3.96. The second-order valence-corrected chi connectivity index (χ2v) is 9.11. The first-order valence-electron chi connectivity index (χ1n) is 12.1. The van der Waals surface area contributed by atoms with E-state index in [1.165, 1.54) is 0 Å². The molecule has 0 atom stereocenters. The second kappa shape index (κ2) is 10.4. The molecule has 1 amide bonds. The molecule has 0 spiro atoms. The van der Waals surface area contributed by atoms with Crippen molar-refractivity contribution in [2.24, 2.45) is 0 Å². The number of hydrogen-bond donors (Lipinski definition) is 2. The van der Waals surface area contributed by atoms with Gasteiger partial charge in [-0.25, -0.2) is 15.0 Å². The van der Waals surface area contributed by atoms with Crippen molar-refractivity contribution < 1.29 is 9.53 Å². The maximum Gasteiger partial charge on any atom is 0.251 e. The van der Waals surface area contributed by atoms with Crippen LogP contribution in [-0.4, -0.2) is 90.8 Å². The van der Waals surface area contributed by atoms with Gasteiger partial charge in [-0.3, -0.25) is 4.79 Å². The number of nitrogen functional groups attached to an aromatic ring is 1. The highest BCUT2D eigenvalue weighted by Gasteiger charge is 2.29. The molecule has 0 radical (unpaired) electrons. The number of morpholine rings is 1. The molecule has 0 saturated carbocycles. The Morgan fingerprint density at radius 2 is 1.81 bits per heavy atom. The van der Waals surface area contributed by atoms with Gasteiger partial charge in [0.25, 0.3) is 5.91 Å². The minimum absolute atomic E-state index is 0.0761. The predicted octanol–water partition coefficient (Wildman–Crippen LogP) is 1.34. The summed E-state index contributed by atoms with van der Waals surface area (Å²) < 4.78 is 5.52. The number of likely N-dealkylation sites (N-methyl/N-ethyl adjacent to an activating group) is 1. The van der Waals surface area contributed by atoms with Gasteiger partial charge in [0, 0.05) is 67.5 Å². The normalized spacial score (nSPS) is 15.3. The van der Waals surface area contributed by atoms with Gasteiger partial charge in [0.15, 0.2) is 0 Å². The fourth-order valence-corrected chi connectivity index (χ4v) is 4.39. The van der Waals surface area contributed by atoms with E-state index < -0.39 is 0 Å². The molecule has 2 aliphatic heterocycles. The van der Waals surface area contributed by atoms with E-state index in [2.05, 4.69) is 25.1 Å². The van der Waals surface area contributed by atoms with Crippen LogP contribution in [0.25, 0.3) is 11.3 Å². The number of carbonyl (C=O) groups excluding carboxylic acids is 1. The summed E-state index contributed by atoms with van der Waals surface area (Å²) in [6.45, 7) is 4.90. The van der Waals surface area contributed by atoms with E-state index in [1.54, 1.807) is 12.4 Å². The van der Waals surface area contributed by atoms with Gasteiger partial charge in [-0.15, -0.1) is 0 Å². The fraction of sp³-hybridized carbons (Fsp3) is 0.400. The lowest BCUT2D eigenvalue weighted by molar-refractivity contribution is 0.0951. The topological polar surface area (TPSA) is 126 Å². The molecule has 0 aliphatic carbocycles. The minimum atomic E-state index is -0.0761. The Morgan fingerprint density at radius 3 is 2.50 bits per heavy atom. The van der Waals surface area contributed by atoms with Crippen LogP contribution in [-0.2, 0) is 11.2 Å². The third-order valence-electron chi connectivity index (χ3n) is 6.34. The number of aromatic nitrogens is 4. The van der Waals surface area contributed by atoms with E-state index in [4.69, 9.17) is 20.4 Å². The number of nitrogens with zero attached hydrogens (tertiary/aromatic N) is 7. The van der Waals surface area contributed by atoms with Crippen LogP contribution in [0.2, 0.25) is 0 Å². The molecule has 36 heavy (non-hydrogen) atoms. The highest BCUT2D eigenvalue weighted by molar-refractivity contribution is 5.94. The third-order valence-corrected chi connectivity index (χ3v) is 6.34. The van der Waals surface area contributed by atoms with Gasteiger partial charge in [-0.2, -0.15) is 4.98 Å². The predicted molar refractivity (Wildman–Crippen MR) is 139 cm³/mol. The lowest BCUT2D eigenvalue weighted by atomic mass is 10.1. The van der Waals surface area contributed by atoms with Gasteiger partial charge in [0.2, 0.25) is 11.9 Å². The van der Waals surface area contributed by atoms with Crippen molar-refractivity contribution in [3.8, 4) is 11.3 Å². The molecular formula is C25H31N9O2. The summed E-state index contributed by atoms with van der Waals surface area (Å²) in [5.41, 5.74) is 10.0. The van der Waals surface area contributed by atoms with E-state index >= 15 is 0 Å². The number of carbonyl (C=O) groups is 1. The minimum Gasteiger partial charge on any atom is -0.378 e. The summed E-state index contributed by atoms with van der Waals surface area (Å²) in [5.74, 6) is 1.67. The van der Waals surface area contributed by atoms with Crippen molar-refractivity contribution in [3.63, 3.8) is 0 Å². The highest BCUT2D eigenvalue weighted by Crippen LogP contribution is 2.39. The molecule has 1 aromatic carbocycles. The van der Waals surface area contributed by atoms with Gasteiger partial charge >= 0.3 is 0 Å². The zero-order valence-electron chi connectivity index (χ0n) is 20.6. The summed E-state index contributed by atoms with van der Waals surface area (Å²) in [6.07, 6.45) is 4.20. The highest BCUT2D eigenvalue weighted by atomic mass is 16.5. The van der Waals surface area contributed by atoms with E-state index in [9.17, 15) is 4.79 Å². The van der Waals surface area contributed by atoms with Crippen LogP contribution in [0.1, 0.15) is 15.9 Å². The summed E-state index contributed by atoms with van der Waals surface area (Å²) >= 11 is 0. The monoisotopic (exact) mass is 489 g/mol. The number of nitrogens with one attached hydrogen (secondary N) is 1. The standard InChI is InChI=1S/C25H31N9O2/c1-32(2)10-8-27-23(35)17-3-5-19(6-4-17)34-9-7-20-21(18-15-28-24(26)29-16-18)30-25(31-22(20)34)33-11-13-36-14-12-33/h3-6,15-16H,7-14H2,1-2H3,(H,27,35)(H2,26,28,29). The fourth-order valence-electron chi connectivity index (χ4n) is 4.39. The Balaban J connectivity index is 1.45. The van der Waals surface area contributed by atoms with Crippen molar-refractivity contribution in [2.75, 3.05) is 75.6 Å². The maximum absolute atomic E-state index is 12.5. The van der Waals surface area contributed by atoms with Crippen molar-refractivity contribution in [2.45, 2.75) is 6.42 Å². The Bertz CT molecular complexity index is 1210. The van der Waals surface area contributed by atoms with E-state index in [0.717, 1.165) is 60.9 Å². The molecule has 11 heteroatoms. The van der Waals surface area contributed by atoms with Gasteiger partial charge in [0.05, 0.1) is 18.9 Å². The molecule has 0 bridgehead atoms. The number of amides is 1. The van der Waals surface area contributed by atoms with Crippen LogP contribution in [0.5, 0.6) is 0 Å². The lowest BCUT2D eigenvalue weighted by Crippen LogP contribution is -2.37. The van der Waals surface area contributed by atoms with Crippen LogP contribution in [0.4, 0.5) is 23.4 Å². The zero-order chi connectivity index (χ0) is 25.1. The third kappa shape index (κ3) is 5.07. The number of benzene rings is 1. The van der Waals surface area contributed by atoms with E-state index in [-0.39, 0.29) is 11.9 Å². The quantitative estimate of drug-likeness (QED) is 0.502. The molecular weight excluding hydrogens is 458 g/mol. The molecule has 2 aliphatic rings. The van der Waals surface area contributed by atoms with E-state index in [0.29, 0.717) is 31.3 Å². The average molecular weight is 490 g/mol. The van der Waals surface area contributed by atoms with E-state index in [1.807, 2.05) is 43.3 Å². The molecule has 0 unspecified atom stereocenters. The number of hydrogen-bond acceptors (Lipinski definition) is 10. The maximum atomic E-state index is 12.5. The average Bonchev–Trinajstić information content (AvgIpc) is 3.33. The van der Waals surface area contributed by atoms with Crippen molar-refractivity contribution in [3.05, 3.63) is 47.8 Å². The first kappa shape index (κ1) is 23.9. The molecule has 11 nitrogen and oxygen atoms in total. The second-order valence-electron chi connectivity index (χ2n) is 9.11. The van der Waals surface area contributed by atoms with Gasteiger partial charge in [-0.05, 0) is 44.8 Å². The number of anilines is 4. The van der Waals surface area contributed by atoms with Crippen LogP contribution >= 0.6 is 0 Å². The first-order valence-corrected chi connectivity index (χ1v) is 12.1. The lowest BCUT2D eigenvalue weighted by Gasteiger charge is -2.28.